The molecule has 0 aliphatic carbocycles. The fourth-order valence-electron chi connectivity index (χ4n) is 5.12. The number of nitrogens with one attached hydrogen (secondary N) is 2. The Morgan fingerprint density at radius 3 is 1.55 bits per heavy atom. The molecule has 38 heavy (non-hydrogen) atoms. The van der Waals surface area contributed by atoms with Gasteiger partial charge in [-0.25, -0.2) is 0 Å². The zero-order chi connectivity index (χ0) is 26.2. The Balaban J connectivity index is 1.01. The van der Waals surface area contributed by atoms with Crippen LogP contribution in [0.25, 0.3) is 21.8 Å². The minimum absolute atomic E-state index is 0.854. The summed E-state index contributed by atoms with van der Waals surface area (Å²) in [6.07, 6.45) is 5.87. The SMILES string of the molecule is COc1cc(NCCCN2CCN(CCCNc3cc(OC)cc4cccnc34)CC2)c2ncccc2c1. The van der Waals surface area contributed by atoms with E-state index in [1.165, 1.54) is 0 Å². The highest BCUT2D eigenvalue weighted by Gasteiger charge is 2.16. The zero-order valence-corrected chi connectivity index (χ0v) is 22.4. The van der Waals surface area contributed by atoms with Crippen molar-refractivity contribution < 1.29 is 9.47 Å². The molecule has 3 heterocycles. The van der Waals surface area contributed by atoms with Crippen LogP contribution in [0, 0.1) is 0 Å². The minimum Gasteiger partial charge on any atom is -0.497 e. The molecular formula is C30H38N6O2. The lowest BCUT2D eigenvalue weighted by Gasteiger charge is -2.34. The molecular weight excluding hydrogens is 476 g/mol. The Labute approximate surface area is 225 Å². The molecule has 0 spiro atoms. The number of ether oxygens (including phenoxy) is 2. The third kappa shape index (κ3) is 6.44. The number of hydrogen-bond acceptors (Lipinski definition) is 8. The first-order valence-corrected chi connectivity index (χ1v) is 13.5. The van der Waals surface area contributed by atoms with E-state index in [1.807, 2.05) is 48.8 Å². The van der Waals surface area contributed by atoms with E-state index in [4.69, 9.17) is 9.47 Å². The maximum atomic E-state index is 5.47. The lowest BCUT2D eigenvalue weighted by molar-refractivity contribution is 0.132. The van der Waals surface area contributed by atoms with Gasteiger partial charge < -0.3 is 29.9 Å². The second-order valence-electron chi connectivity index (χ2n) is 9.74. The predicted octanol–water partition coefficient (Wildman–Crippen LogP) is 4.72. The van der Waals surface area contributed by atoms with E-state index < -0.39 is 0 Å². The standard InChI is InChI=1S/C30H38N6O2/c1-37-25-19-23-7-3-9-33-29(23)27(21-25)31-11-5-13-35-15-17-36(18-16-35)14-6-12-32-28-22-26(38-2)20-24-8-4-10-34-30(24)28/h3-4,7-10,19-22,31-32H,5-6,11-18H2,1-2H3. The van der Waals surface area contributed by atoms with Gasteiger partial charge in [0.05, 0.1) is 36.6 Å². The Morgan fingerprint density at radius 1 is 0.684 bits per heavy atom. The number of rotatable bonds is 12. The van der Waals surface area contributed by atoms with Gasteiger partial charge in [0.2, 0.25) is 0 Å². The number of pyridine rings is 2. The molecule has 200 valence electrons. The smallest absolute Gasteiger partial charge is 0.121 e. The summed E-state index contributed by atoms with van der Waals surface area (Å²) in [7, 11) is 3.41. The van der Waals surface area contributed by atoms with Crippen LogP contribution in [0.3, 0.4) is 0 Å². The van der Waals surface area contributed by atoms with Gasteiger partial charge in [-0.3, -0.25) is 9.97 Å². The van der Waals surface area contributed by atoms with E-state index >= 15 is 0 Å². The third-order valence-corrected chi connectivity index (χ3v) is 7.23. The van der Waals surface area contributed by atoms with Crippen LogP contribution in [0.1, 0.15) is 12.8 Å². The van der Waals surface area contributed by atoms with Gasteiger partial charge in [-0.1, -0.05) is 12.1 Å². The Morgan fingerprint density at radius 2 is 1.13 bits per heavy atom. The highest BCUT2D eigenvalue weighted by atomic mass is 16.5. The summed E-state index contributed by atoms with van der Waals surface area (Å²) in [6, 6.07) is 16.2. The van der Waals surface area contributed by atoms with E-state index in [0.29, 0.717) is 0 Å². The van der Waals surface area contributed by atoms with Gasteiger partial charge >= 0.3 is 0 Å². The summed E-state index contributed by atoms with van der Waals surface area (Å²) >= 11 is 0. The van der Waals surface area contributed by atoms with Gasteiger partial charge in [0.15, 0.2) is 0 Å². The van der Waals surface area contributed by atoms with E-state index in [0.717, 1.165) is 110 Å². The van der Waals surface area contributed by atoms with Crippen molar-refractivity contribution in [2.24, 2.45) is 0 Å². The molecule has 1 fully saturated rings. The van der Waals surface area contributed by atoms with Crippen LogP contribution in [0.15, 0.2) is 60.9 Å². The van der Waals surface area contributed by atoms with Gasteiger partial charge in [0, 0.05) is 74.6 Å². The molecule has 2 N–H and O–H groups in total. The third-order valence-electron chi connectivity index (χ3n) is 7.23. The maximum Gasteiger partial charge on any atom is 0.121 e. The second kappa shape index (κ2) is 12.8. The van der Waals surface area contributed by atoms with Crippen molar-refractivity contribution in [3.8, 4) is 11.5 Å². The fraction of sp³-hybridized carbons (Fsp3) is 0.400. The first kappa shape index (κ1) is 26.0. The Kier molecular flexibility index (Phi) is 8.73. The number of anilines is 2. The molecule has 5 rings (SSSR count). The highest BCUT2D eigenvalue weighted by molar-refractivity contribution is 5.92. The van der Waals surface area contributed by atoms with Crippen LogP contribution in [-0.2, 0) is 0 Å². The van der Waals surface area contributed by atoms with Crippen molar-refractivity contribution in [3.05, 3.63) is 60.9 Å². The van der Waals surface area contributed by atoms with Crippen LogP contribution in [0.4, 0.5) is 11.4 Å². The van der Waals surface area contributed by atoms with Crippen LogP contribution < -0.4 is 20.1 Å². The van der Waals surface area contributed by atoms with Crippen molar-refractivity contribution >= 4 is 33.2 Å². The molecule has 2 aromatic carbocycles. The quantitative estimate of drug-likeness (QED) is 0.263. The van der Waals surface area contributed by atoms with Crippen molar-refractivity contribution in [3.63, 3.8) is 0 Å². The molecule has 0 saturated carbocycles. The summed E-state index contributed by atoms with van der Waals surface area (Å²) in [5.74, 6) is 1.71. The first-order chi connectivity index (χ1) is 18.7. The van der Waals surface area contributed by atoms with Gasteiger partial charge in [-0.2, -0.15) is 0 Å². The number of methoxy groups -OCH3 is 2. The van der Waals surface area contributed by atoms with Gasteiger partial charge in [-0.05, 0) is 50.2 Å². The molecule has 4 aromatic rings. The number of aromatic nitrogens is 2. The molecule has 1 saturated heterocycles. The molecule has 0 unspecified atom stereocenters. The Bertz CT molecular complexity index is 1240. The summed E-state index contributed by atoms with van der Waals surface area (Å²) < 4.78 is 10.9. The van der Waals surface area contributed by atoms with Crippen molar-refractivity contribution in [1.29, 1.82) is 0 Å². The molecule has 0 amide bonds. The molecule has 1 aliphatic heterocycles. The minimum atomic E-state index is 0.854. The number of hydrogen-bond donors (Lipinski definition) is 2. The summed E-state index contributed by atoms with van der Waals surface area (Å²) in [6.45, 7) is 8.55. The normalized spacial score (nSPS) is 14.6. The van der Waals surface area contributed by atoms with E-state index in [9.17, 15) is 0 Å². The molecule has 0 bridgehead atoms. The molecule has 0 radical (unpaired) electrons. The van der Waals surface area contributed by atoms with Crippen LogP contribution in [0.2, 0.25) is 0 Å². The van der Waals surface area contributed by atoms with E-state index in [1.54, 1.807) is 14.2 Å². The maximum absolute atomic E-state index is 5.47. The first-order valence-electron chi connectivity index (χ1n) is 13.5. The Hall–Kier alpha value is -3.62. The van der Waals surface area contributed by atoms with Crippen molar-refractivity contribution in [2.45, 2.75) is 12.8 Å². The summed E-state index contributed by atoms with van der Waals surface area (Å²) in [4.78, 5) is 14.3. The van der Waals surface area contributed by atoms with Gasteiger partial charge in [0.25, 0.3) is 0 Å². The lowest BCUT2D eigenvalue weighted by Crippen LogP contribution is -2.47. The number of nitrogens with zero attached hydrogens (tertiary/aromatic N) is 4. The summed E-state index contributed by atoms with van der Waals surface area (Å²) in [5, 5.41) is 9.34. The van der Waals surface area contributed by atoms with Crippen molar-refractivity contribution in [2.75, 3.05) is 77.2 Å². The molecule has 8 heteroatoms. The lowest BCUT2D eigenvalue weighted by atomic mass is 10.1. The fourth-order valence-corrected chi connectivity index (χ4v) is 5.12. The molecule has 1 aliphatic rings. The average molecular weight is 515 g/mol. The molecule has 2 aromatic heterocycles. The van der Waals surface area contributed by atoms with Gasteiger partial charge in [0.1, 0.15) is 11.5 Å². The van der Waals surface area contributed by atoms with Crippen LogP contribution in [0.5, 0.6) is 11.5 Å². The van der Waals surface area contributed by atoms with E-state index in [2.05, 4.69) is 42.5 Å². The predicted molar refractivity (Wildman–Crippen MR) is 156 cm³/mol. The molecule has 8 nitrogen and oxygen atoms in total. The van der Waals surface area contributed by atoms with Crippen LogP contribution >= 0.6 is 0 Å². The topological polar surface area (TPSA) is 74.8 Å². The highest BCUT2D eigenvalue weighted by Crippen LogP contribution is 2.28. The van der Waals surface area contributed by atoms with Gasteiger partial charge in [-0.15, -0.1) is 0 Å². The number of benzene rings is 2. The number of piperazine rings is 1. The second-order valence-corrected chi connectivity index (χ2v) is 9.74. The van der Waals surface area contributed by atoms with Crippen molar-refractivity contribution in [1.82, 2.24) is 19.8 Å². The summed E-state index contributed by atoms with van der Waals surface area (Å²) in [5.41, 5.74) is 4.06. The monoisotopic (exact) mass is 514 g/mol. The van der Waals surface area contributed by atoms with E-state index in [-0.39, 0.29) is 0 Å². The zero-order valence-electron chi connectivity index (χ0n) is 22.4. The molecule has 0 atom stereocenters. The van der Waals surface area contributed by atoms with Crippen LogP contribution in [-0.4, -0.2) is 86.3 Å². The average Bonchev–Trinajstić information content (AvgIpc) is 2.97. The number of fused-ring (bicyclic) bond motifs is 2. The largest absolute Gasteiger partial charge is 0.497 e.